The predicted octanol–water partition coefficient (Wildman–Crippen LogP) is 4.85. The van der Waals surface area contributed by atoms with Gasteiger partial charge in [0.05, 0.1) is 5.71 Å². The van der Waals surface area contributed by atoms with Gasteiger partial charge in [-0.05, 0) is 79.5 Å². The van der Waals surface area contributed by atoms with Gasteiger partial charge < -0.3 is 9.94 Å². The summed E-state index contributed by atoms with van der Waals surface area (Å²) in [5.41, 5.74) is 4.06. The lowest BCUT2D eigenvalue weighted by atomic mass is 9.55. The number of aromatic hydroxyl groups is 1. The molecule has 4 heteroatoms. The minimum absolute atomic E-state index is 0.00528. The van der Waals surface area contributed by atoms with Crippen LogP contribution in [0.1, 0.15) is 69.9 Å². The number of fused-ring (bicyclic) bond motifs is 5. The fourth-order valence-corrected chi connectivity index (χ4v) is 5.85. The first-order valence-corrected chi connectivity index (χ1v) is 10.4. The van der Waals surface area contributed by atoms with Crippen molar-refractivity contribution in [3.05, 3.63) is 29.3 Å². The summed E-state index contributed by atoms with van der Waals surface area (Å²) in [6.45, 7) is 6.24. The molecule has 1 aromatic carbocycles. The Bertz CT molecular complexity index is 769. The zero-order valence-electron chi connectivity index (χ0n) is 16.7. The molecule has 0 aliphatic heterocycles. The van der Waals surface area contributed by atoms with Gasteiger partial charge >= 0.3 is 0 Å². The molecular weight excluding hydrogens is 338 g/mol. The molecule has 2 fully saturated rings. The highest BCUT2D eigenvalue weighted by atomic mass is 16.6. The number of phenolic OH excluding ortho intramolecular Hbond substituents is 1. The topological polar surface area (TPSA) is 58.9 Å². The number of benzene rings is 1. The van der Waals surface area contributed by atoms with Crippen molar-refractivity contribution in [3.63, 3.8) is 0 Å². The number of carbonyl (C=O) groups is 1. The summed E-state index contributed by atoms with van der Waals surface area (Å²) in [5, 5.41) is 14.3. The van der Waals surface area contributed by atoms with Gasteiger partial charge in [0.2, 0.25) is 0 Å². The molecule has 3 aliphatic carbocycles. The molecule has 0 heterocycles. The monoisotopic (exact) mass is 369 g/mol. The summed E-state index contributed by atoms with van der Waals surface area (Å²) < 4.78 is 0. The Morgan fingerprint density at radius 2 is 2.11 bits per heavy atom. The van der Waals surface area contributed by atoms with Gasteiger partial charge in [-0.1, -0.05) is 32.0 Å². The van der Waals surface area contributed by atoms with Crippen LogP contribution in [0.2, 0.25) is 0 Å². The minimum Gasteiger partial charge on any atom is -0.508 e. The zero-order valence-corrected chi connectivity index (χ0v) is 16.7. The summed E-state index contributed by atoms with van der Waals surface area (Å²) in [7, 11) is 0. The van der Waals surface area contributed by atoms with Crippen molar-refractivity contribution in [2.45, 2.75) is 65.2 Å². The Labute approximate surface area is 162 Å². The molecule has 0 radical (unpaired) electrons. The first kappa shape index (κ1) is 18.5. The van der Waals surface area contributed by atoms with E-state index in [1.807, 2.05) is 26.0 Å². The van der Waals surface area contributed by atoms with E-state index in [4.69, 9.17) is 4.84 Å². The smallest absolute Gasteiger partial charge is 0.175 e. The summed E-state index contributed by atoms with van der Waals surface area (Å²) in [5.74, 6) is 2.42. The van der Waals surface area contributed by atoms with E-state index < -0.39 is 0 Å². The van der Waals surface area contributed by atoms with Crippen molar-refractivity contribution >= 4 is 11.5 Å². The third kappa shape index (κ3) is 3.17. The highest BCUT2D eigenvalue weighted by Gasteiger charge is 2.53. The summed E-state index contributed by atoms with van der Waals surface area (Å²) >= 11 is 0. The van der Waals surface area contributed by atoms with Crippen molar-refractivity contribution in [1.82, 2.24) is 0 Å². The third-order valence-corrected chi connectivity index (χ3v) is 7.48. The lowest BCUT2D eigenvalue weighted by molar-refractivity contribution is -0.126. The van der Waals surface area contributed by atoms with Crippen LogP contribution in [-0.4, -0.2) is 23.2 Å². The molecule has 0 bridgehead atoms. The van der Waals surface area contributed by atoms with Crippen LogP contribution in [0.5, 0.6) is 5.75 Å². The molecular formula is C23H31NO3. The van der Waals surface area contributed by atoms with Crippen LogP contribution in [-0.2, 0) is 16.1 Å². The van der Waals surface area contributed by atoms with Gasteiger partial charge in [0.15, 0.2) is 12.4 Å². The second-order valence-electron chi connectivity index (χ2n) is 9.23. The van der Waals surface area contributed by atoms with Crippen LogP contribution in [0.4, 0.5) is 0 Å². The molecule has 27 heavy (non-hydrogen) atoms. The highest BCUT2D eigenvalue weighted by Crippen LogP contribution is 2.60. The summed E-state index contributed by atoms with van der Waals surface area (Å²) in [6, 6.07) is 5.95. The lowest BCUT2D eigenvalue weighted by Gasteiger charge is -2.49. The Morgan fingerprint density at radius 3 is 2.89 bits per heavy atom. The normalized spacial score (nSPS) is 33.5. The van der Waals surface area contributed by atoms with E-state index in [9.17, 15) is 9.90 Å². The molecule has 4 atom stereocenters. The van der Waals surface area contributed by atoms with E-state index in [1.165, 1.54) is 36.1 Å². The number of rotatable bonds is 4. The number of hydrogen-bond donors (Lipinski definition) is 1. The zero-order chi connectivity index (χ0) is 19.2. The lowest BCUT2D eigenvalue weighted by Crippen LogP contribution is -2.42. The molecule has 4 nitrogen and oxygen atoms in total. The van der Waals surface area contributed by atoms with Gasteiger partial charge in [-0.2, -0.15) is 0 Å². The maximum Gasteiger partial charge on any atom is 0.175 e. The Morgan fingerprint density at radius 1 is 1.30 bits per heavy atom. The van der Waals surface area contributed by atoms with Crippen molar-refractivity contribution in [3.8, 4) is 5.75 Å². The minimum atomic E-state index is -0.00528. The van der Waals surface area contributed by atoms with Crippen LogP contribution in [0.3, 0.4) is 0 Å². The Balaban J connectivity index is 1.52. The van der Waals surface area contributed by atoms with E-state index in [1.54, 1.807) is 0 Å². The van der Waals surface area contributed by atoms with Crippen molar-refractivity contribution < 1.29 is 14.7 Å². The van der Waals surface area contributed by atoms with Crippen molar-refractivity contribution in [2.75, 3.05) is 6.61 Å². The van der Waals surface area contributed by atoms with Crippen LogP contribution >= 0.6 is 0 Å². The molecule has 3 aliphatic rings. The summed E-state index contributed by atoms with van der Waals surface area (Å²) in [6.07, 6.45) is 6.71. The number of phenols is 1. The molecule has 4 unspecified atom stereocenters. The van der Waals surface area contributed by atoms with Gasteiger partial charge in [-0.15, -0.1) is 0 Å². The number of aryl methyl sites for hydroxylation is 1. The standard InChI is InChI=1S/C23H31NO3/c1-14(2)21(26)13-27-24-22-9-8-20-19-6-4-15-12-16(25)5-7-17(15)18(19)10-11-23(20,22)3/h5,7,12,14,18-20,25H,4,6,8-11,13H2,1-3H3/b24-22+. The largest absolute Gasteiger partial charge is 0.508 e. The number of oxime groups is 1. The fraction of sp³-hybridized carbons (Fsp3) is 0.652. The van der Waals surface area contributed by atoms with E-state index >= 15 is 0 Å². The molecule has 146 valence electrons. The molecule has 0 aromatic heterocycles. The van der Waals surface area contributed by atoms with Crippen molar-refractivity contribution in [2.24, 2.45) is 28.3 Å². The van der Waals surface area contributed by atoms with Crippen molar-refractivity contribution in [1.29, 1.82) is 0 Å². The van der Waals surface area contributed by atoms with E-state index in [0.717, 1.165) is 19.3 Å². The molecule has 0 saturated heterocycles. The quantitative estimate of drug-likeness (QED) is 0.772. The highest BCUT2D eigenvalue weighted by molar-refractivity contribution is 5.92. The van der Waals surface area contributed by atoms with E-state index in [-0.39, 0.29) is 23.7 Å². The van der Waals surface area contributed by atoms with E-state index in [2.05, 4.69) is 18.1 Å². The van der Waals surface area contributed by atoms with Gasteiger partial charge in [0, 0.05) is 11.3 Å². The third-order valence-electron chi connectivity index (χ3n) is 7.48. The van der Waals surface area contributed by atoms with E-state index in [0.29, 0.717) is 23.5 Å². The second-order valence-corrected chi connectivity index (χ2v) is 9.23. The van der Waals surface area contributed by atoms with Crippen LogP contribution in [0.15, 0.2) is 23.4 Å². The Hall–Kier alpha value is -1.84. The summed E-state index contributed by atoms with van der Waals surface area (Å²) in [4.78, 5) is 17.3. The average Bonchev–Trinajstić information content (AvgIpc) is 2.97. The maximum atomic E-state index is 11.8. The van der Waals surface area contributed by atoms with Crippen LogP contribution in [0.25, 0.3) is 0 Å². The maximum absolute atomic E-state index is 11.8. The molecule has 0 amide bonds. The van der Waals surface area contributed by atoms with Gasteiger partial charge in [-0.25, -0.2) is 0 Å². The SMILES string of the molecule is CC(C)C(=O)CO/N=C1\CCC2C3CCc4cc(O)ccc4C3CCC12C. The number of carbonyl (C=O) groups excluding carboxylic acids is 1. The van der Waals surface area contributed by atoms with Gasteiger partial charge in [0.25, 0.3) is 0 Å². The number of Topliss-reactive ketones (excluding diaryl/α,β-unsaturated/α-hetero) is 1. The Kier molecular flexibility index (Phi) is 4.77. The molecule has 4 rings (SSSR count). The molecule has 0 spiro atoms. The average molecular weight is 370 g/mol. The molecule has 1 N–H and O–H groups in total. The van der Waals surface area contributed by atoms with Crippen LogP contribution in [0, 0.1) is 23.2 Å². The molecule has 2 saturated carbocycles. The predicted molar refractivity (Wildman–Crippen MR) is 106 cm³/mol. The fourth-order valence-electron chi connectivity index (χ4n) is 5.85. The van der Waals surface area contributed by atoms with Gasteiger partial charge in [-0.3, -0.25) is 4.79 Å². The van der Waals surface area contributed by atoms with Gasteiger partial charge in [0.1, 0.15) is 5.75 Å². The number of hydrogen-bond acceptors (Lipinski definition) is 4. The number of ketones is 1. The first-order chi connectivity index (χ1) is 12.9. The van der Waals surface area contributed by atoms with Crippen LogP contribution < -0.4 is 0 Å². The molecule has 1 aromatic rings. The number of nitrogens with zero attached hydrogens (tertiary/aromatic N) is 1. The first-order valence-electron chi connectivity index (χ1n) is 10.4. The second kappa shape index (κ2) is 6.96.